The van der Waals surface area contributed by atoms with Crippen molar-refractivity contribution < 1.29 is 12.9 Å². The summed E-state index contributed by atoms with van der Waals surface area (Å²) in [5.41, 5.74) is 2.99. The van der Waals surface area contributed by atoms with Crippen molar-refractivity contribution in [3.8, 4) is 0 Å². The van der Waals surface area contributed by atoms with Gasteiger partial charge in [-0.25, -0.2) is 8.42 Å². The first-order chi connectivity index (χ1) is 11.3. The van der Waals surface area contributed by atoms with Gasteiger partial charge in [0.25, 0.3) is 10.0 Å². The molecule has 0 fully saturated rings. The molecule has 0 spiro atoms. The van der Waals surface area contributed by atoms with Crippen molar-refractivity contribution in [2.24, 2.45) is 0 Å². The van der Waals surface area contributed by atoms with Crippen LogP contribution in [0.1, 0.15) is 22.6 Å². The Kier molecular flexibility index (Phi) is 4.15. The molecule has 8 heteroatoms. The first-order valence-electron chi connectivity index (χ1n) is 7.39. The van der Waals surface area contributed by atoms with Crippen LogP contribution in [0.4, 0.5) is 5.69 Å². The van der Waals surface area contributed by atoms with Crippen LogP contribution in [0.2, 0.25) is 0 Å². The number of benzene rings is 1. The third-order valence-corrected chi connectivity index (χ3v) is 5.21. The van der Waals surface area contributed by atoms with Crippen molar-refractivity contribution >= 4 is 15.7 Å². The van der Waals surface area contributed by atoms with Crippen LogP contribution < -0.4 is 4.72 Å². The van der Waals surface area contributed by atoms with E-state index in [0.717, 1.165) is 5.56 Å². The molecule has 0 saturated carbocycles. The predicted octanol–water partition coefficient (Wildman–Crippen LogP) is 2.65. The molecule has 0 unspecified atom stereocenters. The molecule has 0 aliphatic heterocycles. The van der Waals surface area contributed by atoms with Gasteiger partial charge in [0, 0.05) is 6.20 Å². The maximum Gasteiger partial charge on any atom is 0.267 e. The molecule has 2 aromatic heterocycles. The zero-order valence-corrected chi connectivity index (χ0v) is 14.5. The summed E-state index contributed by atoms with van der Waals surface area (Å²) in [5.74, 6) is 0.257. The highest BCUT2D eigenvalue weighted by molar-refractivity contribution is 7.92. The zero-order valence-electron chi connectivity index (χ0n) is 13.6. The zero-order chi connectivity index (χ0) is 17.3. The molecule has 0 aliphatic rings. The molecule has 0 bridgehead atoms. The van der Waals surface area contributed by atoms with Gasteiger partial charge in [-0.3, -0.25) is 9.40 Å². The van der Waals surface area contributed by atoms with Crippen molar-refractivity contribution in [1.29, 1.82) is 0 Å². The molecule has 7 nitrogen and oxygen atoms in total. The average molecular weight is 346 g/mol. The number of anilines is 1. The maximum absolute atomic E-state index is 12.5. The van der Waals surface area contributed by atoms with Gasteiger partial charge in [0.1, 0.15) is 5.69 Å². The molecule has 3 aromatic rings. The highest BCUT2D eigenvalue weighted by Gasteiger charge is 2.24. The highest BCUT2D eigenvalue weighted by Crippen LogP contribution is 2.22. The van der Waals surface area contributed by atoms with E-state index in [1.54, 1.807) is 24.7 Å². The monoisotopic (exact) mass is 346 g/mol. The Hall–Kier alpha value is -2.61. The smallest absolute Gasteiger partial charge is 0.267 e. The standard InChI is InChI=1S/C16H18N4O3S/c1-11-4-6-14(7-5-11)9-20-10-15(8-17-20)19-24(21,22)16-12(2)18-23-13(16)3/h4-8,10,19H,9H2,1-3H3. The van der Waals surface area contributed by atoms with Crippen LogP contribution in [0, 0.1) is 20.8 Å². The van der Waals surface area contributed by atoms with E-state index in [1.165, 1.54) is 11.8 Å². The first kappa shape index (κ1) is 16.3. The van der Waals surface area contributed by atoms with Gasteiger partial charge in [-0.15, -0.1) is 0 Å². The normalized spacial score (nSPS) is 11.6. The molecule has 0 atom stereocenters. The summed E-state index contributed by atoms with van der Waals surface area (Å²) in [6, 6.07) is 8.09. The molecular weight excluding hydrogens is 328 g/mol. The SMILES string of the molecule is Cc1ccc(Cn2cc(NS(=O)(=O)c3c(C)noc3C)cn2)cc1. The molecule has 24 heavy (non-hydrogen) atoms. The Labute approximate surface area is 140 Å². The van der Waals surface area contributed by atoms with Crippen molar-refractivity contribution in [2.75, 3.05) is 4.72 Å². The minimum absolute atomic E-state index is 0.0637. The number of hydrogen-bond acceptors (Lipinski definition) is 5. The first-order valence-corrected chi connectivity index (χ1v) is 8.87. The van der Waals surface area contributed by atoms with Gasteiger partial charge in [0.05, 0.1) is 18.4 Å². The molecule has 0 saturated heterocycles. The Morgan fingerprint density at radius 1 is 1.17 bits per heavy atom. The molecular formula is C16H18N4O3S. The highest BCUT2D eigenvalue weighted by atomic mass is 32.2. The number of nitrogens with one attached hydrogen (secondary N) is 1. The lowest BCUT2D eigenvalue weighted by Crippen LogP contribution is -2.14. The molecule has 3 rings (SSSR count). The summed E-state index contributed by atoms with van der Waals surface area (Å²) in [6.07, 6.45) is 3.12. The van der Waals surface area contributed by atoms with E-state index in [0.29, 0.717) is 17.9 Å². The lowest BCUT2D eigenvalue weighted by atomic mass is 10.1. The van der Waals surface area contributed by atoms with Crippen LogP contribution in [0.5, 0.6) is 0 Å². The summed E-state index contributed by atoms with van der Waals surface area (Å²) >= 11 is 0. The Bertz CT molecular complexity index is 936. The van der Waals surface area contributed by atoms with Crippen LogP contribution in [-0.2, 0) is 16.6 Å². The van der Waals surface area contributed by atoms with Crippen molar-refractivity contribution in [1.82, 2.24) is 14.9 Å². The minimum atomic E-state index is -3.76. The third-order valence-electron chi connectivity index (χ3n) is 3.59. The molecule has 0 radical (unpaired) electrons. The molecule has 1 N–H and O–H groups in total. The lowest BCUT2D eigenvalue weighted by Gasteiger charge is -2.05. The van der Waals surface area contributed by atoms with Gasteiger partial charge in [0.15, 0.2) is 10.7 Å². The quantitative estimate of drug-likeness (QED) is 0.767. The van der Waals surface area contributed by atoms with Gasteiger partial charge in [0.2, 0.25) is 0 Å². The van der Waals surface area contributed by atoms with Crippen LogP contribution in [0.15, 0.2) is 46.1 Å². The fourth-order valence-electron chi connectivity index (χ4n) is 2.45. The summed E-state index contributed by atoms with van der Waals surface area (Å²) in [6.45, 7) is 5.74. The number of sulfonamides is 1. The minimum Gasteiger partial charge on any atom is -0.360 e. The summed E-state index contributed by atoms with van der Waals surface area (Å²) < 4.78 is 34.0. The van der Waals surface area contributed by atoms with E-state index in [-0.39, 0.29) is 10.7 Å². The number of aromatic nitrogens is 3. The fourth-order valence-corrected chi connectivity index (χ4v) is 3.81. The van der Waals surface area contributed by atoms with E-state index in [4.69, 9.17) is 4.52 Å². The van der Waals surface area contributed by atoms with Gasteiger partial charge < -0.3 is 4.52 Å². The molecule has 0 amide bonds. The van der Waals surface area contributed by atoms with E-state index in [9.17, 15) is 8.42 Å². The van der Waals surface area contributed by atoms with Gasteiger partial charge in [-0.05, 0) is 26.3 Å². The predicted molar refractivity (Wildman–Crippen MR) is 89.3 cm³/mol. The molecule has 1 aromatic carbocycles. The number of aryl methyl sites for hydroxylation is 3. The van der Waals surface area contributed by atoms with Gasteiger partial charge in [-0.1, -0.05) is 35.0 Å². The maximum atomic E-state index is 12.5. The summed E-state index contributed by atoms with van der Waals surface area (Å²) in [5, 5.41) is 7.87. The second-order valence-electron chi connectivity index (χ2n) is 5.67. The van der Waals surface area contributed by atoms with Crippen LogP contribution >= 0.6 is 0 Å². The van der Waals surface area contributed by atoms with E-state index in [1.807, 2.05) is 31.2 Å². The van der Waals surface area contributed by atoms with Gasteiger partial charge >= 0.3 is 0 Å². The second-order valence-corrected chi connectivity index (χ2v) is 7.29. The molecule has 0 aliphatic carbocycles. The molecule has 126 valence electrons. The largest absolute Gasteiger partial charge is 0.360 e. The number of hydrogen-bond donors (Lipinski definition) is 1. The second kappa shape index (κ2) is 6.12. The van der Waals surface area contributed by atoms with Crippen molar-refractivity contribution in [3.05, 3.63) is 59.2 Å². The number of nitrogens with zero attached hydrogens (tertiary/aromatic N) is 3. The van der Waals surface area contributed by atoms with Crippen LogP contribution in [0.25, 0.3) is 0 Å². The summed E-state index contributed by atoms with van der Waals surface area (Å²) in [7, 11) is -3.76. The topological polar surface area (TPSA) is 90.0 Å². The van der Waals surface area contributed by atoms with Crippen LogP contribution in [0.3, 0.4) is 0 Å². The number of rotatable bonds is 5. The van der Waals surface area contributed by atoms with Gasteiger partial charge in [-0.2, -0.15) is 5.10 Å². The lowest BCUT2D eigenvalue weighted by molar-refractivity contribution is 0.390. The Balaban J connectivity index is 1.77. The van der Waals surface area contributed by atoms with Crippen molar-refractivity contribution in [3.63, 3.8) is 0 Å². The van der Waals surface area contributed by atoms with E-state index in [2.05, 4.69) is 15.0 Å². The van der Waals surface area contributed by atoms with Crippen molar-refractivity contribution in [2.45, 2.75) is 32.2 Å². The Morgan fingerprint density at radius 2 is 1.88 bits per heavy atom. The third kappa shape index (κ3) is 3.33. The average Bonchev–Trinajstić information content (AvgIpc) is 3.08. The molecule has 2 heterocycles. The van der Waals surface area contributed by atoms with E-state index < -0.39 is 10.0 Å². The fraction of sp³-hybridized carbons (Fsp3) is 0.250. The van der Waals surface area contributed by atoms with Crippen LogP contribution in [-0.4, -0.2) is 23.4 Å². The van der Waals surface area contributed by atoms with E-state index >= 15 is 0 Å². The Morgan fingerprint density at radius 3 is 2.50 bits per heavy atom. The summed E-state index contributed by atoms with van der Waals surface area (Å²) in [4.78, 5) is 0.0637.